The molecule has 0 aliphatic carbocycles. The quantitative estimate of drug-likeness (QED) is 0.414. The van der Waals surface area contributed by atoms with E-state index < -0.39 is 45.0 Å². The van der Waals surface area contributed by atoms with Gasteiger partial charge in [0.15, 0.2) is 4.87 Å². The lowest BCUT2D eigenvalue weighted by atomic mass is 9.97. The first-order valence-corrected chi connectivity index (χ1v) is 8.88. The van der Waals surface area contributed by atoms with Crippen molar-refractivity contribution in [1.29, 1.82) is 0 Å². The Hall–Kier alpha value is -1.19. The van der Waals surface area contributed by atoms with Crippen LogP contribution in [0.25, 0.3) is 0 Å². The molecule has 0 aromatic carbocycles. The number of aliphatic hydroxyl groups excluding tert-OH is 1. The number of esters is 1. The second kappa shape index (κ2) is 8.60. The lowest BCUT2D eigenvalue weighted by Gasteiger charge is -2.26. The smallest absolute Gasteiger partial charge is 0.302 e. The van der Waals surface area contributed by atoms with E-state index in [4.69, 9.17) is 9.29 Å². The maximum Gasteiger partial charge on any atom is 0.302 e. The fourth-order valence-electron chi connectivity index (χ4n) is 1.88. The van der Waals surface area contributed by atoms with Gasteiger partial charge in [0.1, 0.15) is 6.10 Å². The van der Waals surface area contributed by atoms with Gasteiger partial charge < -0.3 is 15.2 Å². The molecule has 3 N–H and O–H groups in total. The molecule has 0 rings (SSSR count). The Labute approximate surface area is 137 Å². The SMILES string of the molecule is CCC(O)CC(CC(C)C(=O)NC(C)(C)S(=O)(=O)O)OC(C)=O. The Kier molecular flexibility index (Phi) is 8.16. The van der Waals surface area contributed by atoms with Gasteiger partial charge in [0.2, 0.25) is 5.91 Å². The molecule has 0 aliphatic rings. The van der Waals surface area contributed by atoms with Crippen LogP contribution in [0.2, 0.25) is 0 Å². The van der Waals surface area contributed by atoms with Crippen LogP contribution in [0.1, 0.15) is 53.9 Å². The summed E-state index contributed by atoms with van der Waals surface area (Å²) in [5.41, 5.74) is 0. The number of ether oxygens (including phenoxy) is 1. The molecule has 23 heavy (non-hydrogen) atoms. The Morgan fingerprint density at radius 2 is 1.78 bits per heavy atom. The van der Waals surface area contributed by atoms with Gasteiger partial charge in [0.05, 0.1) is 6.10 Å². The van der Waals surface area contributed by atoms with Crippen molar-refractivity contribution >= 4 is 22.0 Å². The van der Waals surface area contributed by atoms with Gasteiger partial charge in [-0.05, 0) is 26.7 Å². The van der Waals surface area contributed by atoms with E-state index in [0.717, 1.165) is 13.8 Å². The molecule has 0 aromatic heterocycles. The highest BCUT2D eigenvalue weighted by Crippen LogP contribution is 2.18. The van der Waals surface area contributed by atoms with E-state index in [1.54, 1.807) is 13.8 Å². The average Bonchev–Trinajstić information content (AvgIpc) is 2.35. The predicted octanol–water partition coefficient (Wildman–Crippen LogP) is 0.845. The van der Waals surface area contributed by atoms with Crippen LogP contribution in [0.15, 0.2) is 0 Å². The number of hydrogen-bond donors (Lipinski definition) is 3. The van der Waals surface area contributed by atoms with Crippen LogP contribution in [0, 0.1) is 5.92 Å². The van der Waals surface area contributed by atoms with Crippen LogP contribution in [0.5, 0.6) is 0 Å². The monoisotopic (exact) mass is 353 g/mol. The van der Waals surface area contributed by atoms with Crippen molar-refractivity contribution in [3.05, 3.63) is 0 Å². The molecule has 3 atom stereocenters. The molecule has 0 bridgehead atoms. The van der Waals surface area contributed by atoms with Gasteiger partial charge in [-0.3, -0.25) is 14.1 Å². The molecule has 0 aliphatic heterocycles. The van der Waals surface area contributed by atoms with E-state index in [1.807, 2.05) is 0 Å². The molecule has 0 saturated carbocycles. The number of nitrogens with one attached hydrogen (secondary N) is 1. The molecule has 9 heteroatoms. The zero-order valence-corrected chi connectivity index (χ0v) is 15.0. The summed E-state index contributed by atoms with van der Waals surface area (Å²) in [6.45, 7) is 6.89. The van der Waals surface area contributed by atoms with Crippen LogP contribution in [0.3, 0.4) is 0 Å². The fraction of sp³-hybridized carbons (Fsp3) is 0.857. The Bertz CT molecular complexity index is 515. The van der Waals surface area contributed by atoms with Crippen molar-refractivity contribution in [3.8, 4) is 0 Å². The first-order valence-electron chi connectivity index (χ1n) is 7.44. The highest BCUT2D eigenvalue weighted by molar-refractivity contribution is 7.87. The van der Waals surface area contributed by atoms with Gasteiger partial charge in [0.25, 0.3) is 10.1 Å². The van der Waals surface area contributed by atoms with Gasteiger partial charge in [-0.1, -0.05) is 13.8 Å². The van der Waals surface area contributed by atoms with Gasteiger partial charge in [-0.2, -0.15) is 8.42 Å². The lowest BCUT2D eigenvalue weighted by Crippen LogP contribution is -2.51. The molecule has 8 nitrogen and oxygen atoms in total. The van der Waals surface area contributed by atoms with Gasteiger partial charge in [0, 0.05) is 19.3 Å². The van der Waals surface area contributed by atoms with Gasteiger partial charge in [-0.15, -0.1) is 0 Å². The summed E-state index contributed by atoms with van der Waals surface area (Å²) >= 11 is 0. The summed E-state index contributed by atoms with van der Waals surface area (Å²) in [6.07, 6.45) is -0.519. The second-order valence-electron chi connectivity index (χ2n) is 6.14. The maximum atomic E-state index is 12.1. The van der Waals surface area contributed by atoms with Crippen molar-refractivity contribution in [3.63, 3.8) is 0 Å². The van der Waals surface area contributed by atoms with Crippen LogP contribution < -0.4 is 5.32 Å². The average molecular weight is 353 g/mol. The summed E-state index contributed by atoms with van der Waals surface area (Å²) in [4.78, 5) is 21.4. The van der Waals surface area contributed by atoms with Crippen LogP contribution in [-0.4, -0.2) is 47.0 Å². The maximum absolute atomic E-state index is 12.1. The summed E-state index contributed by atoms with van der Waals surface area (Å²) in [6, 6.07) is 0. The molecule has 0 heterocycles. The normalized spacial score (nSPS) is 16.3. The van der Waals surface area contributed by atoms with E-state index >= 15 is 0 Å². The zero-order chi connectivity index (χ0) is 18.4. The zero-order valence-electron chi connectivity index (χ0n) is 14.2. The van der Waals surface area contributed by atoms with Crippen LogP contribution in [-0.2, 0) is 24.4 Å². The highest BCUT2D eigenvalue weighted by Gasteiger charge is 2.36. The first kappa shape index (κ1) is 21.8. The molecule has 0 saturated heterocycles. The number of rotatable bonds is 9. The fourth-order valence-corrected chi connectivity index (χ4v) is 2.11. The molecular formula is C14H27NO7S. The third-order valence-corrected chi connectivity index (χ3v) is 4.86. The lowest BCUT2D eigenvalue weighted by molar-refractivity contribution is -0.149. The van der Waals surface area contributed by atoms with Gasteiger partial charge in [-0.25, -0.2) is 0 Å². The summed E-state index contributed by atoms with van der Waals surface area (Å²) < 4.78 is 36.6. The second-order valence-corrected chi connectivity index (χ2v) is 8.11. The molecular weight excluding hydrogens is 326 g/mol. The minimum absolute atomic E-state index is 0.129. The van der Waals surface area contributed by atoms with Crippen molar-refractivity contribution in [2.45, 2.75) is 71.0 Å². The summed E-state index contributed by atoms with van der Waals surface area (Å²) in [5.74, 6) is -1.80. The highest BCUT2D eigenvalue weighted by atomic mass is 32.2. The Balaban J connectivity index is 4.87. The summed E-state index contributed by atoms with van der Waals surface area (Å²) in [7, 11) is -4.46. The van der Waals surface area contributed by atoms with Crippen molar-refractivity contribution in [2.75, 3.05) is 0 Å². The van der Waals surface area contributed by atoms with Crippen LogP contribution in [0.4, 0.5) is 0 Å². The number of aliphatic hydroxyl groups is 1. The molecule has 0 aromatic rings. The minimum Gasteiger partial charge on any atom is -0.462 e. The third kappa shape index (κ3) is 7.76. The summed E-state index contributed by atoms with van der Waals surface area (Å²) in [5, 5.41) is 11.9. The third-order valence-electron chi connectivity index (χ3n) is 3.47. The number of carbonyl (C=O) groups excluding carboxylic acids is 2. The molecule has 136 valence electrons. The van der Waals surface area contributed by atoms with E-state index in [2.05, 4.69) is 5.32 Å². The van der Waals surface area contributed by atoms with E-state index in [1.165, 1.54) is 6.92 Å². The molecule has 0 radical (unpaired) electrons. The molecule has 3 unspecified atom stereocenters. The Morgan fingerprint density at radius 1 is 1.26 bits per heavy atom. The van der Waals surface area contributed by atoms with Crippen LogP contribution >= 0.6 is 0 Å². The van der Waals surface area contributed by atoms with Gasteiger partial charge >= 0.3 is 5.97 Å². The van der Waals surface area contributed by atoms with E-state index in [0.29, 0.717) is 6.42 Å². The Morgan fingerprint density at radius 3 is 2.17 bits per heavy atom. The standard InChI is InChI=1S/C14H27NO7S/c1-6-11(17)8-12(22-10(3)16)7-9(2)13(18)15-14(4,5)23(19,20)21/h9,11-12,17H,6-8H2,1-5H3,(H,15,18)(H,19,20,21). The minimum atomic E-state index is -4.46. The topological polar surface area (TPSA) is 130 Å². The number of amides is 1. The van der Waals surface area contributed by atoms with Crippen molar-refractivity contribution in [1.82, 2.24) is 5.32 Å². The molecule has 1 amide bonds. The van der Waals surface area contributed by atoms with Crippen molar-refractivity contribution in [2.24, 2.45) is 5.92 Å². The molecule has 0 spiro atoms. The first-order chi connectivity index (χ1) is 10.3. The largest absolute Gasteiger partial charge is 0.462 e. The number of carbonyl (C=O) groups is 2. The van der Waals surface area contributed by atoms with Crippen molar-refractivity contribution < 1.29 is 32.4 Å². The number of hydrogen-bond acceptors (Lipinski definition) is 6. The van der Waals surface area contributed by atoms with E-state index in [-0.39, 0.29) is 12.8 Å². The van der Waals surface area contributed by atoms with E-state index in [9.17, 15) is 23.1 Å². The predicted molar refractivity (Wildman–Crippen MR) is 84.0 cm³/mol. The molecule has 0 fully saturated rings.